The molecule has 2 rings (SSSR count). The van der Waals surface area contributed by atoms with Gasteiger partial charge in [0.1, 0.15) is 11.3 Å². The molecule has 0 saturated heterocycles. The van der Waals surface area contributed by atoms with Crippen LogP contribution in [0.4, 0.5) is 0 Å². The smallest absolute Gasteiger partial charge is 0.134 e. The van der Waals surface area contributed by atoms with Gasteiger partial charge in [0.2, 0.25) is 0 Å². The second-order valence-corrected chi connectivity index (χ2v) is 6.77. The fourth-order valence-electron chi connectivity index (χ4n) is 1.83. The first-order valence-corrected chi connectivity index (χ1v) is 6.33. The predicted octanol–water partition coefficient (Wildman–Crippen LogP) is 3.62. The molecular weight excluding hydrogens is 222 g/mol. The molecule has 0 atom stereocenters. The van der Waals surface area contributed by atoms with Gasteiger partial charge in [0.25, 0.3) is 0 Å². The summed E-state index contributed by atoms with van der Waals surface area (Å²) in [4.78, 5) is 13.9. The minimum Gasteiger partial charge on any atom is -0.253 e. The number of aromatic nitrogens is 3. The third kappa shape index (κ3) is 2.35. The quantitative estimate of drug-likeness (QED) is 0.709. The van der Waals surface area contributed by atoms with Gasteiger partial charge in [-0.3, -0.25) is 4.98 Å². The van der Waals surface area contributed by atoms with E-state index in [1.54, 1.807) is 6.20 Å². The zero-order chi connectivity index (χ0) is 13.6. The number of pyridine rings is 1. The van der Waals surface area contributed by atoms with Crippen molar-refractivity contribution in [2.24, 2.45) is 0 Å². The van der Waals surface area contributed by atoms with Crippen molar-refractivity contribution >= 4 is 11.0 Å². The van der Waals surface area contributed by atoms with Crippen molar-refractivity contribution in [3.8, 4) is 0 Å². The van der Waals surface area contributed by atoms with E-state index in [-0.39, 0.29) is 10.8 Å². The van der Waals surface area contributed by atoms with Crippen LogP contribution in [0.2, 0.25) is 0 Å². The van der Waals surface area contributed by atoms with E-state index in [4.69, 9.17) is 4.98 Å². The summed E-state index contributed by atoms with van der Waals surface area (Å²) in [5, 5.41) is 0. The maximum Gasteiger partial charge on any atom is 0.134 e. The molecule has 18 heavy (non-hydrogen) atoms. The lowest BCUT2D eigenvalue weighted by Gasteiger charge is -2.23. The minimum atomic E-state index is -0.0516. The summed E-state index contributed by atoms with van der Waals surface area (Å²) in [5.41, 5.74) is 2.79. The number of fused-ring (bicyclic) bond motifs is 1. The maximum absolute atomic E-state index is 4.77. The molecule has 0 saturated carbocycles. The molecular formula is C15H21N3. The van der Waals surface area contributed by atoms with E-state index in [9.17, 15) is 0 Å². The first-order chi connectivity index (χ1) is 8.19. The van der Waals surface area contributed by atoms with E-state index in [1.807, 2.05) is 12.1 Å². The van der Waals surface area contributed by atoms with Crippen LogP contribution >= 0.6 is 0 Å². The molecule has 0 fully saturated rings. The molecule has 0 aliphatic carbocycles. The number of rotatable bonds is 0. The van der Waals surface area contributed by atoms with Crippen molar-refractivity contribution in [1.29, 1.82) is 0 Å². The molecule has 0 aromatic carbocycles. The molecule has 3 nitrogen and oxygen atoms in total. The monoisotopic (exact) mass is 243 g/mol. The Morgan fingerprint density at radius 2 is 1.56 bits per heavy atom. The average Bonchev–Trinajstić information content (AvgIpc) is 2.25. The Morgan fingerprint density at radius 3 is 2.11 bits per heavy atom. The molecule has 3 heteroatoms. The number of hydrogen-bond donors (Lipinski definition) is 0. The molecule has 0 bridgehead atoms. The van der Waals surface area contributed by atoms with Crippen LogP contribution in [-0.4, -0.2) is 15.0 Å². The lowest BCUT2D eigenvalue weighted by Crippen LogP contribution is -2.22. The molecule has 96 valence electrons. The second kappa shape index (κ2) is 4.01. The first-order valence-electron chi connectivity index (χ1n) is 6.33. The van der Waals surface area contributed by atoms with E-state index in [0.717, 1.165) is 22.6 Å². The Morgan fingerprint density at radius 1 is 0.889 bits per heavy atom. The molecule has 2 aromatic heterocycles. The SMILES string of the molecule is CC(C)(C)c1nc(C(C)(C)C)c2ncccc2n1. The Labute approximate surface area is 109 Å². The van der Waals surface area contributed by atoms with Crippen LogP contribution in [0.25, 0.3) is 11.0 Å². The van der Waals surface area contributed by atoms with Gasteiger partial charge in [-0.15, -0.1) is 0 Å². The van der Waals surface area contributed by atoms with Crippen molar-refractivity contribution in [2.45, 2.75) is 52.4 Å². The fraction of sp³-hybridized carbons (Fsp3) is 0.533. The summed E-state index contributed by atoms with van der Waals surface area (Å²) < 4.78 is 0. The van der Waals surface area contributed by atoms with Gasteiger partial charge < -0.3 is 0 Å². The third-order valence-corrected chi connectivity index (χ3v) is 2.84. The van der Waals surface area contributed by atoms with Crippen molar-refractivity contribution in [1.82, 2.24) is 15.0 Å². The van der Waals surface area contributed by atoms with E-state index in [0.29, 0.717) is 0 Å². The van der Waals surface area contributed by atoms with Gasteiger partial charge in [-0.05, 0) is 12.1 Å². The molecule has 0 aliphatic rings. The molecule has 2 aromatic rings. The summed E-state index contributed by atoms with van der Waals surface area (Å²) >= 11 is 0. The van der Waals surface area contributed by atoms with Gasteiger partial charge >= 0.3 is 0 Å². The summed E-state index contributed by atoms with van der Waals surface area (Å²) in [6.45, 7) is 12.9. The Hall–Kier alpha value is -1.51. The predicted molar refractivity (Wildman–Crippen MR) is 74.7 cm³/mol. The van der Waals surface area contributed by atoms with Crippen LogP contribution in [0, 0.1) is 0 Å². The van der Waals surface area contributed by atoms with Crippen LogP contribution in [0.15, 0.2) is 18.3 Å². The molecule has 0 unspecified atom stereocenters. The van der Waals surface area contributed by atoms with Crippen LogP contribution < -0.4 is 0 Å². The van der Waals surface area contributed by atoms with E-state index in [2.05, 4.69) is 51.5 Å². The fourth-order valence-corrected chi connectivity index (χ4v) is 1.83. The van der Waals surface area contributed by atoms with Crippen molar-refractivity contribution in [3.63, 3.8) is 0 Å². The Kier molecular flexibility index (Phi) is 2.88. The molecule has 0 spiro atoms. The van der Waals surface area contributed by atoms with Crippen LogP contribution in [0.3, 0.4) is 0 Å². The average molecular weight is 243 g/mol. The van der Waals surface area contributed by atoms with E-state index < -0.39 is 0 Å². The Bertz CT molecular complexity index is 574. The van der Waals surface area contributed by atoms with Crippen LogP contribution in [0.1, 0.15) is 53.1 Å². The maximum atomic E-state index is 4.77. The molecule has 0 amide bonds. The summed E-state index contributed by atoms with van der Waals surface area (Å²) in [5.74, 6) is 0.882. The van der Waals surface area contributed by atoms with Gasteiger partial charge in [0, 0.05) is 17.0 Å². The summed E-state index contributed by atoms with van der Waals surface area (Å²) in [7, 11) is 0. The van der Waals surface area contributed by atoms with Crippen LogP contribution in [0.5, 0.6) is 0 Å². The van der Waals surface area contributed by atoms with Gasteiger partial charge in [-0.25, -0.2) is 9.97 Å². The van der Waals surface area contributed by atoms with Crippen LogP contribution in [-0.2, 0) is 10.8 Å². The summed E-state index contributed by atoms with van der Waals surface area (Å²) in [6, 6.07) is 3.93. The van der Waals surface area contributed by atoms with Gasteiger partial charge in [-0.1, -0.05) is 41.5 Å². The van der Waals surface area contributed by atoms with E-state index in [1.165, 1.54) is 0 Å². The lowest BCUT2D eigenvalue weighted by molar-refractivity contribution is 0.519. The third-order valence-electron chi connectivity index (χ3n) is 2.84. The highest BCUT2D eigenvalue weighted by molar-refractivity contribution is 5.77. The first kappa shape index (κ1) is 12.9. The number of hydrogen-bond acceptors (Lipinski definition) is 3. The second-order valence-electron chi connectivity index (χ2n) is 6.77. The van der Waals surface area contributed by atoms with Crippen molar-refractivity contribution in [2.75, 3.05) is 0 Å². The molecule has 2 heterocycles. The van der Waals surface area contributed by atoms with Gasteiger partial charge in [-0.2, -0.15) is 0 Å². The zero-order valence-electron chi connectivity index (χ0n) is 12.1. The van der Waals surface area contributed by atoms with Crippen molar-refractivity contribution in [3.05, 3.63) is 29.8 Å². The normalized spacial score (nSPS) is 13.0. The molecule has 0 N–H and O–H groups in total. The topological polar surface area (TPSA) is 38.7 Å². The zero-order valence-corrected chi connectivity index (χ0v) is 12.1. The molecule has 0 aliphatic heterocycles. The number of nitrogens with zero attached hydrogens (tertiary/aromatic N) is 3. The van der Waals surface area contributed by atoms with Gasteiger partial charge in [0.05, 0.1) is 11.2 Å². The largest absolute Gasteiger partial charge is 0.253 e. The standard InChI is InChI=1S/C15H21N3/c1-14(2,3)12-11-10(8-7-9-16-11)17-13(18-12)15(4,5)6/h7-9H,1-6H3. The molecule has 0 radical (unpaired) electrons. The van der Waals surface area contributed by atoms with Gasteiger partial charge in [0.15, 0.2) is 0 Å². The van der Waals surface area contributed by atoms with E-state index >= 15 is 0 Å². The summed E-state index contributed by atoms with van der Waals surface area (Å²) in [6.07, 6.45) is 1.80. The van der Waals surface area contributed by atoms with Crippen molar-refractivity contribution < 1.29 is 0 Å². The lowest BCUT2D eigenvalue weighted by atomic mass is 9.89. The Balaban J connectivity index is 2.81. The highest BCUT2D eigenvalue weighted by atomic mass is 14.9. The minimum absolute atomic E-state index is 0.0322. The highest BCUT2D eigenvalue weighted by Crippen LogP contribution is 2.29. The highest BCUT2D eigenvalue weighted by Gasteiger charge is 2.25.